The first-order valence-electron chi connectivity index (χ1n) is 11.5. The number of aliphatic hydroxyl groups excluding tert-OH is 1. The fourth-order valence-electron chi connectivity index (χ4n) is 3.63. The van der Waals surface area contributed by atoms with E-state index >= 15 is 0 Å². The van der Waals surface area contributed by atoms with E-state index in [1.165, 1.54) is 30.3 Å². The van der Waals surface area contributed by atoms with Crippen LogP contribution in [0.15, 0.2) is 72.8 Å². The van der Waals surface area contributed by atoms with Crippen LogP contribution in [0, 0.1) is 0 Å². The number of hydrogen-bond donors (Lipinski definition) is 3. The van der Waals surface area contributed by atoms with Gasteiger partial charge in [-0.2, -0.15) is 8.78 Å². The molecule has 196 valence electrons. The van der Waals surface area contributed by atoms with Crippen LogP contribution in [0.4, 0.5) is 14.5 Å². The highest BCUT2D eigenvalue weighted by Crippen LogP contribution is 2.30. The van der Waals surface area contributed by atoms with Crippen LogP contribution in [0.3, 0.4) is 0 Å². The van der Waals surface area contributed by atoms with E-state index in [0.717, 1.165) is 5.56 Å². The van der Waals surface area contributed by atoms with Gasteiger partial charge in [-0.05, 0) is 48.7 Å². The molecule has 0 aliphatic heterocycles. The van der Waals surface area contributed by atoms with E-state index in [2.05, 4.69) is 10.2 Å². The molecule has 0 saturated heterocycles. The maximum Gasteiger partial charge on any atom is 0.321 e. The number of hydroxylamine groups is 1. The molecule has 10 heteroatoms. The van der Waals surface area contributed by atoms with Crippen LogP contribution >= 0.6 is 0 Å². The number of phenols is 1. The number of anilines is 1. The zero-order valence-electron chi connectivity index (χ0n) is 20.1. The Balaban J connectivity index is 1.50. The van der Waals surface area contributed by atoms with Crippen molar-refractivity contribution in [2.45, 2.75) is 31.4 Å². The third-order valence-electron chi connectivity index (χ3n) is 5.62. The van der Waals surface area contributed by atoms with Crippen molar-refractivity contribution in [2.75, 3.05) is 18.2 Å². The van der Waals surface area contributed by atoms with Gasteiger partial charge in [-0.15, -0.1) is 5.06 Å². The summed E-state index contributed by atoms with van der Waals surface area (Å²) in [5, 5.41) is 24.2. The summed E-state index contributed by atoms with van der Waals surface area (Å²) in [6.45, 7) is 1.36. The number of rotatable bonds is 14. The normalized spacial score (nSPS) is 12.9. The molecule has 2 atom stereocenters. The molecule has 0 aromatic heterocycles. The Morgan fingerprint density at radius 1 is 1.05 bits per heavy atom. The van der Waals surface area contributed by atoms with E-state index in [1.54, 1.807) is 42.5 Å². The van der Waals surface area contributed by atoms with Crippen LogP contribution in [-0.2, 0) is 26.8 Å². The van der Waals surface area contributed by atoms with Crippen molar-refractivity contribution in [2.24, 2.45) is 0 Å². The number of carbonyl (C=O) groups excluding carboxylic acids is 2. The molecule has 2 unspecified atom stereocenters. The number of amides is 1. The molecule has 8 nitrogen and oxygen atoms in total. The van der Waals surface area contributed by atoms with E-state index in [9.17, 15) is 28.6 Å². The second-order valence-corrected chi connectivity index (χ2v) is 8.41. The molecule has 3 N–H and O–H groups in total. The summed E-state index contributed by atoms with van der Waals surface area (Å²) < 4.78 is 33.9. The van der Waals surface area contributed by atoms with Crippen molar-refractivity contribution >= 4 is 18.6 Å². The summed E-state index contributed by atoms with van der Waals surface area (Å²) in [4.78, 5) is 26.1. The smallest absolute Gasteiger partial charge is 0.321 e. The number of nitrogens with zero attached hydrogens (tertiary/aromatic N) is 1. The Labute approximate surface area is 213 Å². The maximum atomic E-state index is 14.3. The monoisotopic (exact) mass is 514 g/mol. The predicted molar refractivity (Wildman–Crippen MR) is 132 cm³/mol. The van der Waals surface area contributed by atoms with Gasteiger partial charge in [-0.25, -0.2) is 0 Å². The maximum absolute atomic E-state index is 14.3. The molecule has 3 aromatic rings. The summed E-state index contributed by atoms with van der Waals surface area (Å²) in [6.07, 6.45) is -0.167. The van der Waals surface area contributed by atoms with Crippen molar-refractivity contribution in [3.05, 3.63) is 89.5 Å². The molecule has 0 bridgehead atoms. The molecule has 0 heterocycles. The highest BCUT2D eigenvalue weighted by molar-refractivity contribution is 5.78. The lowest BCUT2D eigenvalue weighted by atomic mass is 10.1. The number of phenolic OH excluding ortho intramolecular Hbond substituents is 1. The molecule has 37 heavy (non-hydrogen) atoms. The lowest BCUT2D eigenvalue weighted by molar-refractivity contribution is -0.134. The van der Waals surface area contributed by atoms with E-state index < -0.39 is 18.6 Å². The van der Waals surface area contributed by atoms with Crippen LogP contribution < -0.4 is 15.1 Å². The van der Waals surface area contributed by atoms with Crippen molar-refractivity contribution in [1.29, 1.82) is 0 Å². The van der Waals surface area contributed by atoms with E-state index in [1.807, 2.05) is 6.92 Å². The van der Waals surface area contributed by atoms with Crippen molar-refractivity contribution < 1.29 is 38.2 Å². The zero-order chi connectivity index (χ0) is 26.8. The van der Waals surface area contributed by atoms with Gasteiger partial charge in [0.25, 0.3) is 0 Å². The van der Waals surface area contributed by atoms with Gasteiger partial charge in [0.1, 0.15) is 17.2 Å². The molecular formula is C27H28F2N2O6. The van der Waals surface area contributed by atoms with Gasteiger partial charge in [-0.3, -0.25) is 9.59 Å². The minimum atomic E-state index is -3.11. The van der Waals surface area contributed by atoms with Gasteiger partial charge in [0.2, 0.25) is 6.41 Å². The van der Waals surface area contributed by atoms with Crippen molar-refractivity contribution in [3.8, 4) is 11.5 Å². The molecule has 0 radical (unpaired) electrons. The quantitative estimate of drug-likeness (QED) is 0.221. The molecule has 0 aliphatic carbocycles. The fourth-order valence-corrected chi connectivity index (χ4v) is 3.63. The SMILES string of the molecule is CC(Cc1ccc(OCC(F)(F)c2ccccc2)cc1)NCC(O)c1ccc(O)c(N(C=O)OC=O)c1. The third-order valence-corrected chi connectivity index (χ3v) is 5.62. The number of alkyl halides is 2. The Morgan fingerprint density at radius 2 is 1.76 bits per heavy atom. The average molecular weight is 515 g/mol. The largest absolute Gasteiger partial charge is 0.506 e. The Hall–Kier alpha value is -4.02. The summed E-state index contributed by atoms with van der Waals surface area (Å²) in [7, 11) is 0. The summed E-state index contributed by atoms with van der Waals surface area (Å²) in [5.41, 5.74) is 1.14. The Morgan fingerprint density at radius 3 is 2.41 bits per heavy atom. The Kier molecular flexibility index (Phi) is 9.53. The summed E-state index contributed by atoms with van der Waals surface area (Å²) in [5.74, 6) is -3.08. The van der Waals surface area contributed by atoms with Crippen LogP contribution in [0.1, 0.15) is 29.7 Å². The van der Waals surface area contributed by atoms with Crippen LogP contribution in [0.25, 0.3) is 0 Å². The molecular weight excluding hydrogens is 486 g/mol. The van der Waals surface area contributed by atoms with Crippen molar-refractivity contribution in [1.82, 2.24) is 5.32 Å². The van der Waals surface area contributed by atoms with E-state index in [0.29, 0.717) is 22.8 Å². The van der Waals surface area contributed by atoms with Gasteiger partial charge >= 0.3 is 12.4 Å². The van der Waals surface area contributed by atoms with Gasteiger partial charge in [0, 0.05) is 18.2 Å². The average Bonchev–Trinajstić information content (AvgIpc) is 2.91. The zero-order valence-corrected chi connectivity index (χ0v) is 20.1. The van der Waals surface area contributed by atoms with Gasteiger partial charge in [-0.1, -0.05) is 48.5 Å². The topological polar surface area (TPSA) is 108 Å². The summed E-state index contributed by atoms with van der Waals surface area (Å²) in [6, 6.07) is 18.4. The van der Waals surface area contributed by atoms with E-state index in [4.69, 9.17) is 4.74 Å². The summed E-state index contributed by atoms with van der Waals surface area (Å²) >= 11 is 0. The third kappa shape index (κ3) is 7.73. The van der Waals surface area contributed by atoms with Gasteiger partial charge < -0.3 is 25.1 Å². The highest BCUT2D eigenvalue weighted by atomic mass is 19.3. The number of aliphatic hydroxyl groups is 1. The molecule has 3 aromatic carbocycles. The number of ether oxygens (including phenoxy) is 1. The number of halogens is 2. The predicted octanol–water partition coefficient (Wildman–Crippen LogP) is 3.87. The second kappa shape index (κ2) is 12.8. The Bertz CT molecular complexity index is 1160. The number of carbonyl (C=O) groups is 2. The number of benzene rings is 3. The van der Waals surface area contributed by atoms with Crippen LogP contribution in [0.2, 0.25) is 0 Å². The lowest BCUT2D eigenvalue weighted by Gasteiger charge is -2.20. The highest BCUT2D eigenvalue weighted by Gasteiger charge is 2.32. The first kappa shape index (κ1) is 27.6. The minimum absolute atomic E-state index is 0.0405. The number of nitrogens with one attached hydrogen (secondary N) is 1. The minimum Gasteiger partial charge on any atom is -0.506 e. The number of hydrogen-bond acceptors (Lipinski definition) is 7. The molecule has 0 spiro atoms. The molecule has 0 aliphatic rings. The number of aromatic hydroxyl groups is 1. The molecule has 0 saturated carbocycles. The second-order valence-electron chi connectivity index (χ2n) is 8.41. The van der Waals surface area contributed by atoms with Crippen molar-refractivity contribution in [3.63, 3.8) is 0 Å². The van der Waals surface area contributed by atoms with Gasteiger partial charge in [0.05, 0.1) is 6.10 Å². The van der Waals surface area contributed by atoms with E-state index in [-0.39, 0.29) is 42.5 Å². The molecule has 3 rings (SSSR count). The van der Waals surface area contributed by atoms with Crippen LogP contribution in [0.5, 0.6) is 11.5 Å². The standard InChI is InChI=1S/C27H28F2N2O6/c1-19(30-15-26(35)21-9-12-25(34)24(14-21)31(17-32)37-18-33)13-20-7-10-23(11-8-20)36-16-27(28,29)22-5-3-2-4-6-22/h2-12,14,17-19,26,30,34-35H,13,15-16H2,1H3. The first-order valence-corrected chi connectivity index (χ1v) is 11.5. The van der Waals surface area contributed by atoms with Gasteiger partial charge in [0.15, 0.2) is 6.61 Å². The molecule has 1 amide bonds. The fraction of sp³-hybridized carbons (Fsp3) is 0.259. The molecule has 0 fully saturated rings. The lowest BCUT2D eigenvalue weighted by Crippen LogP contribution is -2.32. The van der Waals surface area contributed by atoms with Crippen LogP contribution in [-0.4, -0.2) is 42.3 Å². The first-order chi connectivity index (χ1) is 17.7.